The number of hydrogen-bond acceptors (Lipinski definition) is 4. The van der Waals surface area contributed by atoms with Gasteiger partial charge in [-0.15, -0.1) is 0 Å². The molecule has 1 heterocycles. The van der Waals surface area contributed by atoms with E-state index in [2.05, 4.69) is 28.8 Å². The van der Waals surface area contributed by atoms with Gasteiger partial charge in [-0.2, -0.15) is 5.26 Å². The van der Waals surface area contributed by atoms with Gasteiger partial charge in [0.05, 0.1) is 29.3 Å². The van der Waals surface area contributed by atoms with Crippen molar-refractivity contribution in [3.63, 3.8) is 0 Å². The number of benzene rings is 2. The first-order valence-corrected chi connectivity index (χ1v) is 9.90. The summed E-state index contributed by atoms with van der Waals surface area (Å²) in [5, 5.41) is 9.52. The number of hydrogen-bond donors (Lipinski definition) is 0. The van der Waals surface area contributed by atoms with Gasteiger partial charge in [0, 0.05) is 20.1 Å². The first-order chi connectivity index (χ1) is 13.2. The highest BCUT2D eigenvalue weighted by Gasteiger charge is 2.15. The molecular formula is C21H22N4OS. The maximum Gasteiger partial charge on any atom is 0.232 e. The molecule has 0 N–H and O–H groups in total. The van der Waals surface area contributed by atoms with E-state index in [1.165, 1.54) is 17.3 Å². The average Bonchev–Trinajstić information content (AvgIpc) is 3.06. The van der Waals surface area contributed by atoms with Crippen LogP contribution in [0.3, 0.4) is 0 Å². The summed E-state index contributed by atoms with van der Waals surface area (Å²) < 4.78 is 2.19. The maximum absolute atomic E-state index is 12.3. The van der Waals surface area contributed by atoms with Crippen LogP contribution < -0.4 is 0 Å². The molecule has 3 aromatic rings. The second-order valence-corrected chi connectivity index (χ2v) is 7.22. The van der Waals surface area contributed by atoms with Crippen LogP contribution in [0.1, 0.15) is 12.0 Å². The normalized spacial score (nSPS) is 10.7. The van der Waals surface area contributed by atoms with E-state index in [1.807, 2.05) is 36.4 Å². The van der Waals surface area contributed by atoms with Gasteiger partial charge in [0.2, 0.25) is 5.91 Å². The molecule has 0 spiro atoms. The minimum atomic E-state index is 0.0110. The van der Waals surface area contributed by atoms with Gasteiger partial charge < -0.3 is 9.47 Å². The van der Waals surface area contributed by atoms with Crippen LogP contribution in [0.5, 0.6) is 0 Å². The van der Waals surface area contributed by atoms with Crippen molar-refractivity contribution in [3.05, 3.63) is 60.2 Å². The molecule has 0 saturated heterocycles. The van der Waals surface area contributed by atoms with Crippen LogP contribution in [0.2, 0.25) is 0 Å². The summed E-state index contributed by atoms with van der Waals surface area (Å²) in [5.74, 6) is 0.327. The van der Waals surface area contributed by atoms with E-state index in [0.29, 0.717) is 18.7 Å². The molecule has 0 radical (unpaired) electrons. The molecule has 6 heteroatoms. The Balaban J connectivity index is 1.74. The van der Waals surface area contributed by atoms with Crippen molar-refractivity contribution < 1.29 is 4.79 Å². The van der Waals surface area contributed by atoms with Crippen LogP contribution in [0.4, 0.5) is 0 Å². The van der Waals surface area contributed by atoms with Crippen molar-refractivity contribution in [2.45, 2.75) is 24.5 Å². The minimum Gasteiger partial charge on any atom is -0.344 e. The fraction of sp³-hybridized carbons (Fsp3) is 0.286. The number of carbonyl (C=O) groups excluding carboxylic acids is 1. The lowest BCUT2D eigenvalue weighted by Gasteiger charge is -2.15. The van der Waals surface area contributed by atoms with E-state index < -0.39 is 0 Å². The van der Waals surface area contributed by atoms with E-state index in [1.54, 1.807) is 11.9 Å². The molecule has 0 saturated carbocycles. The Morgan fingerprint density at radius 2 is 1.93 bits per heavy atom. The first-order valence-electron chi connectivity index (χ1n) is 8.92. The molecule has 0 aliphatic heterocycles. The van der Waals surface area contributed by atoms with Gasteiger partial charge in [-0.1, -0.05) is 54.2 Å². The van der Waals surface area contributed by atoms with Crippen molar-refractivity contribution in [1.82, 2.24) is 14.5 Å². The second-order valence-electron chi connectivity index (χ2n) is 6.28. The van der Waals surface area contributed by atoms with Crippen molar-refractivity contribution in [2.75, 3.05) is 19.3 Å². The van der Waals surface area contributed by atoms with Gasteiger partial charge in [-0.3, -0.25) is 4.79 Å². The number of fused-ring (bicyclic) bond motifs is 1. The summed E-state index contributed by atoms with van der Waals surface area (Å²) >= 11 is 1.46. The number of imidazole rings is 1. The number of para-hydroxylation sites is 2. The molecular weight excluding hydrogens is 356 g/mol. The zero-order valence-electron chi connectivity index (χ0n) is 15.3. The zero-order chi connectivity index (χ0) is 19.1. The van der Waals surface area contributed by atoms with E-state index >= 15 is 0 Å². The predicted molar refractivity (Wildman–Crippen MR) is 108 cm³/mol. The Bertz CT molecular complexity index is 946. The van der Waals surface area contributed by atoms with E-state index in [-0.39, 0.29) is 5.91 Å². The monoisotopic (exact) mass is 378 g/mol. The third-order valence-corrected chi connectivity index (χ3v) is 5.36. The first kappa shape index (κ1) is 19.0. The highest BCUT2D eigenvalue weighted by Crippen LogP contribution is 2.25. The lowest BCUT2D eigenvalue weighted by molar-refractivity contribution is -0.127. The summed E-state index contributed by atoms with van der Waals surface area (Å²) in [6, 6.07) is 20.5. The summed E-state index contributed by atoms with van der Waals surface area (Å²) in [7, 11) is 1.73. The Morgan fingerprint density at radius 3 is 2.70 bits per heavy atom. The standard InChI is InChI=1S/C21H22N4OS/c1-24(14-7-13-22)20(26)16-27-21-23-18-10-5-6-11-19(18)25(21)15-12-17-8-3-2-4-9-17/h2-6,8-11H,7,12,14-16H2,1H3. The molecule has 138 valence electrons. The van der Waals surface area contributed by atoms with Gasteiger partial charge in [-0.25, -0.2) is 4.98 Å². The third-order valence-electron chi connectivity index (χ3n) is 4.40. The SMILES string of the molecule is CN(CCC#N)C(=O)CSc1nc2ccccc2n1CCc1ccccc1. The number of thioether (sulfide) groups is 1. The van der Waals surface area contributed by atoms with Crippen molar-refractivity contribution >= 4 is 28.7 Å². The number of nitrogens with zero attached hydrogens (tertiary/aromatic N) is 4. The van der Waals surface area contributed by atoms with Gasteiger partial charge in [-0.05, 0) is 24.1 Å². The van der Waals surface area contributed by atoms with Crippen LogP contribution in [0.25, 0.3) is 11.0 Å². The molecule has 0 aliphatic carbocycles. The minimum absolute atomic E-state index is 0.0110. The van der Waals surface area contributed by atoms with Gasteiger partial charge >= 0.3 is 0 Å². The summed E-state index contributed by atoms with van der Waals surface area (Å²) in [6.45, 7) is 1.27. The molecule has 5 nitrogen and oxygen atoms in total. The Hall–Kier alpha value is -2.78. The number of rotatable bonds is 8. The molecule has 3 rings (SSSR count). The number of aromatic nitrogens is 2. The maximum atomic E-state index is 12.3. The summed E-state index contributed by atoms with van der Waals surface area (Å²) in [4.78, 5) is 18.6. The highest BCUT2D eigenvalue weighted by molar-refractivity contribution is 7.99. The molecule has 0 atom stereocenters. The third kappa shape index (κ3) is 4.89. The zero-order valence-corrected chi connectivity index (χ0v) is 16.2. The Morgan fingerprint density at radius 1 is 1.19 bits per heavy atom. The molecule has 0 unspecified atom stereocenters. The van der Waals surface area contributed by atoms with Crippen molar-refractivity contribution in [2.24, 2.45) is 0 Å². The van der Waals surface area contributed by atoms with Gasteiger partial charge in [0.25, 0.3) is 0 Å². The number of nitriles is 1. The van der Waals surface area contributed by atoms with Gasteiger partial charge in [0.1, 0.15) is 0 Å². The quantitative estimate of drug-likeness (QED) is 0.560. The topological polar surface area (TPSA) is 61.9 Å². The van der Waals surface area contributed by atoms with Crippen LogP contribution >= 0.6 is 11.8 Å². The number of carbonyl (C=O) groups is 1. The fourth-order valence-electron chi connectivity index (χ4n) is 2.84. The molecule has 0 bridgehead atoms. The van der Waals surface area contributed by atoms with Crippen LogP contribution in [0, 0.1) is 11.3 Å². The van der Waals surface area contributed by atoms with E-state index in [9.17, 15) is 4.79 Å². The van der Waals surface area contributed by atoms with E-state index in [4.69, 9.17) is 10.2 Å². The summed E-state index contributed by atoms with van der Waals surface area (Å²) in [6.07, 6.45) is 1.26. The number of amides is 1. The second kappa shape index (κ2) is 9.24. The van der Waals surface area contributed by atoms with Crippen LogP contribution in [0.15, 0.2) is 59.8 Å². The molecule has 2 aromatic carbocycles. The highest BCUT2D eigenvalue weighted by atomic mass is 32.2. The average molecular weight is 379 g/mol. The molecule has 27 heavy (non-hydrogen) atoms. The van der Waals surface area contributed by atoms with Gasteiger partial charge in [0.15, 0.2) is 5.16 Å². The largest absolute Gasteiger partial charge is 0.344 e. The molecule has 0 fully saturated rings. The Labute approximate surface area is 163 Å². The molecule has 1 aromatic heterocycles. The van der Waals surface area contributed by atoms with Crippen LogP contribution in [-0.2, 0) is 17.8 Å². The van der Waals surface area contributed by atoms with Crippen LogP contribution in [-0.4, -0.2) is 39.7 Å². The van der Waals surface area contributed by atoms with Crippen molar-refractivity contribution in [1.29, 1.82) is 5.26 Å². The number of aryl methyl sites for hydroxylation is 2. The Kier molecular flexibility index (Phi) is 6.50. The predicted octanol–water partition coefficient (Wildman–Crippen LogP) is 3.74. The lowest BCUT2D eigenvalue weighted by Crippen LogP contribution is -2.29. The summed E-state index contributed by atoms with van der Waals surface area (Å²) in [5.41, 5.74) is 3.30. The molecule has 1 amide bonds. The fourth-order valence-corrected chi connectivity index (χ4v) is 3.83. The molecule has 0 aliphatic rings. The van der Waals surface area contributed by atoms with E-state index in [0.717, 1.165) is 29.2 Å². The van der Waals surface area contributed by atoms with Crippen molar-refractivity contribution in [3.8, 4) is 6.07 Å². The lowest BCUT2D eigenvalue weighted by atomic mass is 10.1. The smallest absolute Gasteiger partial charge is 0.232 e.